The molecule has 0 atom stereocenters. The predicted octanol–water partition coefficient (Wildman–Crippen LogP) is 1.92. The second-order valence-electron chi connectivity index (χ2n) is 3.21. The molecular weight excluding hydrogens is 169 g/mol. The lowest BCUT2D eigenvalue weighted by atomic mass is 10.1. The first-order chi connectivity index (χ1) is 6.24. The number of fused-ring (bicyclic) bond motifs is 1. The first-order valence-corrected chi connectivity index (χ1v) is 4.24. The fourth-order valence-corrected chi connectivity index (χ4v) is 1.69. The molecule has 0 radical (unpaired) electrons. The molecule has 0 N–H and O–H groups in total. The van der Waals surface area contributed by atoms with Crippen molar-refractivity contribution in [3.63, 3.8) is 0 Å². The first-order valence-electron chi connectivity index (χ1n) is 4.24. The Labute approximate surface area is 76.0 Å². The fraction of sp³-hybridized carbons (Fsp3) is 0.300. The molecule has 0 saturated heterocycles. The SMILES string of the molecule is CC1=C(C=O)N2CCC(F)=C2C=C1. The summed E-state index contributed by atoms with van der Waals surface area (Å²) in [6.07, 6.45) is 4.70. The number of hydrogen-bond donors (Lipinski definition) is 0. The van der Waals surface area contributed by atoms with Crippen LogP contribution in [0, 0.1) is 0 Å². The van der Waals surface area contributed by atoms with Gasteiger partial charge in [-0.3, -0.25) is 4.79 Å². The predicted molar refractivity (Wildman–Crippen MR) is 47.4 cm³/mol. The lowest BCUT2D eigenvalue weighted by molar-refractivity contribution is -0.106. The Morgan fingerprint density at radius 1 is 1.54 bits per heavy atom. The van der Waals surface area contributed by atoms with E-state index in [9.17, 15) is 9.18 Å². The maximum absolute atomic E-state index is 13.1. The molecule has 2 nitrogen and oxygen atoms in total. The van der Waals surface area contributed by atoms with Gasteiger partial charge in [0.1, 0.15) is 5.83 Å². The highest BCUT2D eigenvalue weighted by atomic mass is 19.1. The van der Waals surface area contributed by atoms with Crippen molar-refractivity contribution in [3.8, 4) is 0 Å². The zero-order valence-electron chi connectivity index (χ0n) is 7.38. The summed E-state index contributed by atoms with van der Waals surface area (Å²) in [7, 11) is 0. The Hall–Kier alpha value is -1.38. The van der Waals surface area contributed by atoms with Crippen molar-refractivity contribution in [2.75, 3.05) is 6.54 Å². The summed E-state index contributed by atoms with van der Waals surface area (Å²) in [5, 5.41) is 0. The summed E-state index contributed by atoms with van der Waals surface area (Å²) < 4.78 is 13.1. The number of carbonyl (C=O) groups excluding carboxylic acids is 1. The summed E-state index contributed by atoms with van der Waals surface area (Å²) >= 11 is 0. The highest BCUT2D eigenvalue weighted by molar-refractivity contribution is 5.76. The molecule has 0 aromatic heterocycles. The Morgan fingerprint density at radius 2 is 2.31 bits per heavy atom. The van der Waals surface area contributed by atoms with Gasteiger partial charge >= 0.3 is 0 Å². The van der Waals surface area contributed by atoms with Crippen molar-refractivity contribution in [2.24, 2.45) is 0 Å². The van der Waals surface area contributed by atoms with Crippen LogP contribution < -0.4 is 0 Å². The van der Waals surface area contributed by atoms with Crippen LogP contribution in [0.3, 0.4) is 0 Å². The summed E-state index contributed by atoms with van der Waals surface area (Å²) in [4.78, 5) is 12.5. The standard InChI is InChI=1S/C10H10FNO/c1-7-2-3-9-8(11)4-5-12(9)10(7)6-13/h2-3,6H,4-5H2,1H3. The molecule has 0 saturated carbocycles. The van der Waals surface area contributed by atoms with Crippen LogP contribution in [0.1, 0.15) is 13.3 Å². The molecule has 0 bridgehead atoms. The molecule has 2 rings (SSSR count). The molecule has 2 heterocycles. The number of aldehydes is 1. The van der Waals surface area contributed by atoms with Crippen LogP contribution in [0.2, 0.25) is 0 Å². The molecule has 13 heavy (non-hydrogen) atoms. The average molecular weight is 179 g/mol. The van der Waals surface area contributed by atoms with E-state index >= 15 is 0 Å². The Bertz CT molecular complexity index is 352. The van der Waals surface area contributed by atoms with E-state index in [2.05, 4.69) is 0 Å². The summed E-state index contributed by atoms with van der Waals surface area (Å²) in [5.41, 5.74) is 2.03. The molecule has 0 spiro atoms. The molecule has 0 aromatic rings. The van der Waals surface area contributed by atoms with Crippen LogP contribution in [0.15, 0.2) is 34.9 Å². The van der Waals surface area contributed by atoms with E-state index in [1.807, 2.05) is 6.92 Å². The van der Waals surface area contributed by atoms with Crippen molar-refractivity contribution in [1.82, 2.24) is 4.90 Å². The Morgan fingerprint density at radius 3 is 3.00 bits per heavy atom. The molecule has 0 amide bonds. The fourth-order valence-electron chi connectivity index (χ4n) is 1.69. The minimum Gasteiger partial charge on any atom is -0.336 e. The van der Waals surface area contributed by atoms with E-state index in [-0.39, 0.29) is 5.83 Å². The first kappa shape index (κ1) is 8.23. The summed E-state index contributed by atoms with van der Waals surface area (Å²) in [6.45, 7) is 2.43. The van der Waals surface area contributed by atoms with Gasteiger partial charge in [0, 0.05) is 13.0 Å². The minimum absolute atomic E-state index is 0.122. The van der Waals surface area contributed by atoms with Crippen LogP contribution in [-0.4, -0.2) is 17.7 Å². The van der Waals surface area contributed by atoms with Gasteiger partial charge in [-0.05, 0) is 18.6 Å². The maximum atomic E-state index is 13.1. The van der Waals surface area contributed by atoms with E-state index in [4.69, 9.17) is 0 Å². The van der Waals surface area contributed by atoms with Crippen LogP contribution in [0.25, 0.3) is 0 Å². The van der Waals surface area contributed by atoms with Gasteiger partial charge in [0.05, 0.1) is 11.4 Å². The number of nitrogens with zero attached hydrogens (tertiary/aromatic N) is 1. The molecule has 0 aromatic carbocycles. The lowest BCUT2D eigenvalue weighted by Gasteiger charge is -2.24. The van der Waals surface area contributed by atoms with Gasteiger partial charge < -0.3 is 4.90 Å². The molecule has 68 valence electrons. The summed E-state index contributed by atoms with van der Waals surface area (Å²) in [5.74, 6) is -0.122. The normalized spacial score (nSPS) is 21.2. The van der Waals surface area contributed by atoms with Gasteiger partial charge in [0.15, 0.2) is 6.29 Å². The third-order valence-corrected chi connectivity index (χ3v) is 2.42. The third-order valence-electron chi connectivity index (χ3n) is 2.42. The lowest BCUT2D eigenvalue weighted by Crippen LogP contribution is -2.22. The Kier molecular flexibility index (Phi) is 1.79. The Balaban J connectivity index is 2.48. The smallest absolute Gasteiger partial charge is 0.166 e. The number of hydrogen-bond acceptors (Lipinski definition) is 2. The maximum Gasteiger partial charge on any atom is 0.166 e. The van der Waals surface area contributed by atoms with Crippen LogP contribution in [-0.2, 0) is 4.79 Å². The quantitative estimate of drug-likeness (QED) is 0.573. The van der Waals surface area contributed by atoms with Crippen LogP contribution in [0.5, 0.6) is 0 Å². The van der Waals surface area contributed by atoms with Crippen molar-refractivity contribution in [2.45, 2.75) is 13.3 Å². The molecule has 0 unspecified atom stereocenters. The van der Waals surface area contributed by atoms with Crippen molar-refractivity contribution >= 4 is 6.29 Å². The van der Waals surface area contributed by atoms with Gasteiger partial charge in [-0.1, -0.05) is 6.08 Å². The highest BCUT2D eigenvalue weighted by Gasteiger charge is 2.26. The molecule has 2 aliphatic heterocycles. The van der Waals surface area contributed by atoms with Gasteiger partial charge in [0.25, 0.3) is 0 Å². The van der Waals surface area contributed by atoms with E-state index in [0.717, 1.165) is 11.9 Å². The van der Waals surface area contributed by atoms with Gasteiger partial charge in [-0.15, -0.1) is 0 Å². The molecule has 2 aliphatic rings. The molecule has 3 heteroatoms. The second kappa shape index (κ2) is 2.83. The van der Waals surface area contributed by atoms with Crippen LogP contribution >= 0.6 is 0 Å². The topological polar surface area (TPSA) is 20.3 Å². The van der Waals surface area contributed by atoms with Gasteiger partial charge in [-0.2, -0.15) is 0 Å². The average Bonchev–Trinajstić information content (AvgIpc) is 2.48. The number of halogens is 1. The minimum atomic E-state index is -0.122. The zero-order valence-corrected chi connectivity index (χ0v) is 7.38. The molecular formula is C10H10FNO. The summed E-state index contributed by atoms with van der Waals surface area (Å²) in [6, 6.07) is 0. The highest BCUT2D eigenvalue weighted by Crippen LogP contribution is 2.32. The van der Waals surface area contributed by atoms with Crippen molar-refractivity contribution in [3.05, 3.63) is 34.9 Å². The number of allylic oxidation sites excluding steroid dienone is 4. The van der Waals surface area contributed by atoms with Crippen LogP contribution in [0.4, 0.5) is 4.39 Å². The van der Waals surface area contributed by atoms with E-state index < -0.39 is 0 Å². The monoisotopic (exact) mass is 179 g/mol. The molecule has 0 fully saturated rings. The largest absolute Gasteiger partial charge is 0.336 e. The van der Waals surface area contributed by atoms with Crippen molar-refractivity contribution < 1.29 is 9.18 Å². The number of rotatable bonds is 1. The third kappa shape index (κ3) is 1.11. The van der Waals surface area contributed by atoms with Gasteiger partial charge in [0.2, 0.25) is 0 Å². The van der Waals surface area contributed by atoms with E-state index in [1.54, 1.807) is 17.1 Å². The zero-order chi connectivity index (χ0) is 9.42. The van der Waals surface area contributed by atoms with Gasteiger partial charge in [-0.25, -0.2) is 4.39 Å². The molecule has 0 aliphatic carbocycles. The van der Waals surface area contributed by atoms with E-state index in [0.29, 0.717) is 24.4 Å². The number of carbonyl (C=O) groups is 1. The van der Waals surface area contributed by atoms with E-state index in [1.165, 1.54) is 0 Å². The second-order valence-corrected chi connectivity index (χ2v) is 3.21. The van der Waals surface area contributed by atoms with Crippen molar-refractivity contribution in [1.29, 1.82) is 0 Å².